The van der Waals surface area contributed by atoms with E-state index in [2.05, 4.69) is 15.3 Å². The number of nitrogens with one attached hydrogen (secondary N) is 1. The molecule has 3 rings (SSSR count). The fourth-order valence-electron chi connectivity index (χ4n) is 2.94. The molecule has 0 saturated carbocycles. The summed E-state index contributed by atoms with van der Waals surface area (Å²) in [6.45, 7) is 0.0649. The maximum Gasteiger partial charge on any atom is 0.419 e. The summed E-state index contributed by atoms with van der Waals surface area (Å²) < 4.78 is 51.6. The van der Waals surface area contributed by atoms with E-state index >= 15 is 0 Å². The van der Waals surface area contributed by atoms with Crippen LogP contribution in [0.4, 0.5) is 29.1 Å². The number of rotatable bonds is 5. The minimum absolute atomic E-state index is 0.0199. The Balaban J connectivity index is 1.66. The number of alkyl halides is 3. The summed E-state index contributed by atoms with van der Waals surface area (Å²) in [6, 6.07) is 2.17. The Labute approximate surface area is 179 Å². The van der Waals surface area contributed by atoms with E-state index in [9.17, 15) is 27.5 Å². The number of carbonyl (C=O) groups excluding carboxylic acids is 1. The van der Waals surface area contributed by atoms with Crippen LogP contribution in [0.25, 0.3) is 0 Å². The number of halogens is 5. The molecule has 0 aliphatic carbocycles. The standard InChI is InChI=1S/C19H17ClF4N4O3/c20-16-17(25-8-14(27-16)15(30)9-29)28-5-3-10(4-6-28)18(31)26-11-1-2-12(13(21)7-11)19(22,23)24/h1-3,7-8,15,29-30H,4-6,9H2,(H,26,31)/t15-/m0/s1. The van der Waals surface area contributed by atoms with Crippen molar-refractivity contribution < 1.29 is 32.6 Å². The Morgan fingerprint density at radius 1 is 1.35 bits per heavy atom. The lowest BCUT2D eigenvalue weighted by molar-refractivity contribution is -0.139. The number of amides is 1. The van der Waals surface area contributed by atoms with Crippen molar-refractivity contribution in [3.05, 3.63) is 58.3 Å². The van der Waals surface area contributed by atoms with E-state index in [1.165, 1.54) is 6.20 Å². The van der Waals surface area contributed by atoms with Crippen molar-refractivity contribution in [2.24, 2.45) is 0 Å². The van der Waals surface area contributed by atoms with Crippen molar-refractivity contribution >= 4 is 29.0 Å². The van der Waals surface area contributed by atoms with Crippen LogP contribution < -0.4 is 10.2 Å². The Morgan fingerprint density at radius 3 is 2.65 bits per heavy atom. The van der Waals surface area contributed by atoms with Gasteiger partial charge in [-0.05, 0) is 24.6 Å². The zero-order chi connectivity index (χ0) is 22.8. The molecule has 12 heteroatoms. The van der Waals surface area contributed by atoms with Crippen LogP contribution in [0.3, 0.4) is 0 Å². The first-order chi connectivity index (χ1) is 14.6. The molecule has 166 valence electrons. The average Bonchev–Trinajstić information content (AvgIpc) is 2.72. The average molecular weight is 461 g/mol. The topological polar surface area (TPSA) is 98.6 Å². The smallest absolute Gasteiger partial charge is 0.393 e. The predicted octanol–water partition coefficient (Wildman–Crippen LogP) is 3.09. The molecular weight excluding hydrogens is 444 g/mol. The quantitative estimate of drug-likeness (QED) is 0.593. The van der Waals surface area contributed by atoms with Gasteiger partial charge < -0.3 is 20.4 Å². The van der Waals surface area contributed by atoms with Crippen LogP contribution in [-0.4, -0.2) is 45.8 Å². The number of aromatic nitrogens is 2. The lowest BCUT2D eigenvalue weighted by Gasteiger charge is -2.27. The minimum Gasteiger partial charge on any atom is -0.393 e. The Bertz CT molecular complexity index is 1020. The highest BCUT2D eigenvalue weighted by Gasteiger charge is 2.34. The van der Waals surface area contributed by atoms with E-state index in [1.807, 2.05) is 0 Å². The summed E-state index contributed by atoms with van der Waals surface area (Å²) in [5, 5.41) is 21.0. The van der Waals surface area contributed by atoms with Crippen LogP contribution in [0.1, 0.15) is 23.8 Å². The number of nitrogens with zero attached hydrogens (tertiary/aromatic N) is 3. The van der Waals surface area contributed by atoms with Gasteiger partial charge in [0.05, 0.1) is 24.1 Å². The van der Waals surface area contributed by atoms with Gasteiger partial charge in [0.15, 0.2) is 11.0 Å². The van der Waals surface area contributed by atoms with E-state index in [0.717, 1.165) is 6.07 Å². The first kappa shape index (κ1) is 22.9. The zero-order valence-electron chi connectivity index (χ0n) is 15.8. The molecule has 31 heavy (non-hydrogen) atoms. The van der Waals surface area contributed by atoms with Gasteiger partial charge in [-0.15, -0.1) is 0 Å². The lowest BCUT2D eigenvalue weighted by atomic mass is 10.1. The first-order valence-electron chi connectivity index (χ1n) is 9.03. The molecule has 3 N–H and O–H groups in total. The SMILES string of the molecule is O=C(Nc1ccc(C(F)(F)F)c(F)c1)C1=CCN(c2ncc([C@@H](O)CO)nc2Cl)CC1. The molecule has 1 aromatic heterocycles. The molecule has 1 aliphatic rings. The number of hydrogen-bond donors (Lipinski definition) is 3. The van der Waals surface area contributed by atoms with Gasteiger partial charge in [-0.3, -0.25) is 4.79 Å². The highest BCUT2D eigenvalue weighted by atomic mass is 35.5. The van der Waals surface area contributed by atoms with Gasteiger partial charge in [0.1, 0.15) is 11.9 Å². The lowest BCUT2D eigenvalue weighted by Crippen LogP contribution is -2.32. The largest absolute Gasteiger partial charge is 0.419 e. The third-order valence-corrected chi connectivity index (χ3v) is 4.83. The van der Waals surface area contributed by atoms with E-state index in [-0.39, 0.29) is 29.5 Å². The highest BCUT2D eigenvalue weighted by Crippen LogP contribution is 2.32. The van der Waals surface area contributed by atoms with Gasteiger partial charge >= 0.3 is 6.18 Å². The molecule has 0 radical (unpaired) electrons. The summed E-state index contributed by atoms with van der Waals surface area (Å²) in [5.74, 6) is -1.70. The Kier molecular flexibility index (Phi) is 6.77. The fraction of sp³-hybridized carbons (Fsp3) is 0.316. The summed E-state index contributed by atoms with van der Waals surface area (Å²) in [5.41, 5.74) is -1.01. The van der Waals surface area contributed by atoms with Gasteiger partial charge in [-0.1, -0.05) is 17.7 Å². The van der Waals surface area contributed by atoms with Crippen LogP contribution in [0.5, 0.6) is 0 Å². The number of aliphatic hydroxyl groups excluding tert-OH is 2. The summed E-state index contributed by atoms with van der Waals surface area (Å²) in [4.78, 5) is 22.3. The molecule has 0 saturated heterocycles. The molecule has 1 atom stereocenters. The van der Waals surface area contributed by atoms with Crippen LogP contribution >= 0.6 is 11.6 Å². The molecule has 0 bridgehead atoms. The number of aliphatic hydroxyl groups is 2. The highest BCUT2D eigenvalue weighted by molar-refractivity contribution is 6.31. The van der Waals surface area contributed by atoms with Crippen LogP contribution in [0.15, 0.2) is 36.0 Å². The number of benzene rings is 1. The van der Waals surface area contributed by atoms with Gasteiger partial charge in [0.2, 0.25) is 0 Å². The molecule has 1 aromatic carbocycles. The second-order valence-electron chi connectivity index (χ2n) is 6.68. The third-order valence-electron chi connectivity index (χ3n) is 4.58. The van der Waals surface area contributed by atoms with Crippen LogP contribution in [0, 0.1) is 5.82 Å². The van der Waals surface area contributed by atoms with Gasteiger partial charge in [-0.2, -0.15) is 13.2 Å². The molecule has 2 heterocycles. The molecule has 1 amide bonds. The van der Waals surface area contributed by atoms with E-state index in [0.29, 0.717) is 30.1 Å². The van der Waals surface area contributed by atoms with Crippen LogP contribution in [0.2, 0.25) is 5.15 Å². The van der Waals surface area contributed by atoms with Crippen molar-refractivity contribution in [2.75, 3.05) is 29.9 Å². The fourth-order valence-corrected chi connectivity index (χ4v) is 3.21. The second kappa shape index (κ2) is 9.16. The van der Waals surface area contributed by atoms with Crippen molar-refractivity contribution in [3.63, 3.8) is 0 Å². The summed E-state index contributed by atoms with van der Waals surface area (Å²) in [6.07, 6.45) is -2.87. The van der Waals surface area contributed by atoms with E-state index in [1.54, 1.807) is 11.0 Å². The zero-order valence-corrected chi connectivity index (χ0v) is 16.6. The molecule has 0 unspecified atom stereocenters. The molecule has 2 aromatic rings. The molecule has 1 aliphatic heterocycles. The second-order valence-corrected chi connectivity index (χ2v) is 7.04. The van der Waals surface area contributed by atoms with Gasteiger partial charge in [0.25, 0.3) is 5.91 Å². The van der Waals surface area contributed by atoms with Crippen molar-refractivity contribution in [1.82, 2.24) is 9.97 Å². The predicted molar refractivity (Wildman–Crippen MR) is 104 cm³/mol. The Hall–Kier alpha value is -2.76. The maximum absolute atomic E-state index is 13.7. The maximum atomic E-state index is 13.7. The molecule has 0 fully saturated rings. The van der Waals surface area contributed by atoms with Gasteiger partial charge in [0, 0.05) is 24.4 Å². The van der Waals surface area contributed by atoms with Crippen LogP contribution in [-0.2, 0) is 11.0 Å². The number of carbonyl (C=O) groups is 1. The summed E-state index contributed by atoms with van der Waals surface area (Å²) >= 11 is 6.11. The molecular formula is C19H17ClF4N4O3. The van der Waals surface area contributed by atoms with Crippen molar-refractivity contribution in [3.8, 4) is 0 Å². The minimum atomic E-state index is -4.82. The van der Waals surface area contributed by atoms with Gasteiger partial charge in [-0.25, -0.2) is 14.4 Å². The van der Waals surface area contributed by atoms with E-state index in [4.69, 9.17) is 16.7 Å². The van der Waals surface area contributed by atoms with E-state index < -0.39 is 36.2 Å². The molecule has 0 spiro atoms. The number of hydrogen-bond acceptors (Lipinski definition) is 6. The third kappa shape index (κ3) is 5.30. The number of anilines is 2. The monoisotopic (exact) mass is 460 g/mol. The molecule has 7 nitrogen and oxygen atoms in total. The normalized spacial score (nSPS) is 15.5. The first-order valence-corrected chi connectivity index (χ1v) is 9.41. The van der Waals surface area contributed by atoms with Crippen molar-refractivity contribution in [2.45, 2.75) is 18.7 Å². The Morgan fingerprint density at radius 2 is 2.10 bits per heavy atom. The summed E-state index contributed by atoms with van der Waals surface area (Å²) in [7, 11) is 0. The van der Waals surface area contributed by atoms with Crippen molar-refractivity contribution in [1.29, 1.82) is 0 Å².